The molecule has 0 fully saturated rings. The van der Waals surface area contributed by atoms with Gasteiger partial charge in [0.1, 0.15) is 5.75 Å². The molecule has 0 bridgehead atoms. The standard InChI is InChI=1S/C20H27F3N2O3/c1-5-6-7-8-16-11-19(27,20(21,22)23)25(24-16)17(26)12-28-18-14(3)9-13(2)10-15(18)4/h9-10,27H,5-8,11-12H2,1-4H3/t19-/m0/s1. The van der Waals surface area contributed by atoms with E-state index < -0.39 is 30.8 Å². The number of carbonyl (C=O) groups excluding carboxylic acids is 1. The average molecular weight is 400 g/mol. The first-order valence-electron chi connectivity index (χ1n) is 9.38. The van der Waals surface area contributed by atoms with Gasteiger partial charge in [0.05, 0.1) is 0 Å². The summed E-state index contributed by atoms with van der Waals surface area (Å²) in [5, 5.41) is 14.2. The first-order valence-corrected chi connectivity index (χ1v) is 9.38. The summed E-state index contributed by atoms with van der Waals surface area (Å²) in [6.45, 7) is 6.84. The zero-order chi connectivity index (χ0) is 21.1. The molecule has 8 heteroatoms. The van der Waals surface area contributed by atoms with Gasteiger partial charge in [0.25, 0.3) is 11.6 Å². The number of amides is 1. The summed E-state index contributed by atoms with van der Waals surface area (Å²) >= 11 is 0. The van der Waals surface area contributed by atoms with E-state index >= 15 is 0 Å². The van der Waals surface area contributed by atoms with Crippen molar-refractivity contribution in [1.82, 2.24) is 5.01 Å². The van der Waals surface area contributed by atoms with Gasteiger partial charge in [-0.2, -0.15) is 23.3 Å². The zero-order valence-corrected chi connectivity index (χ0v) is 16.7. The maximum absolute atomic E-state index is 13.5. The molecule has 28 heavy (non-hydrogen) atoms. The molecule has 5 nitrogen and oxygen atoms in total. The minimum Gasteiger partial charge on any atom is -0.483 e. The van der Waals surface area contributed by atoms with Gasteiger partial charge in [-0.1, -0.05) is 37.5 Å². The van der Waals surface area contributed by atoms with Crippen LogP contribution >= 0.6 is 0 Å². The monoisotopic (exact) mass is 400 g/mol. The van der Waals surface area contributed by atoms with Crippen molar-refractivity contribution in [2.24, 2.45) is 5.10 Å². The van der Waals surface area contributed by atoms with Gasteiger partial charge >= 0.3 is 6.18 Å². The Morgan fingerprint density at radius 3 is 2.39 bits per heavy atom. The highest BCUT2D eigenvalue weighted by Crippen LogP contribution is 2.41. The van der Waals surface area contributed by atoms with Crippen molar-refractivity contribution in [2.45, 2.75) is 71.7 Å². The van der Waals surface area contributed by atoms with Crippen molar-refractivity contribution in [3.05, 3.63) is 28.8 Å². The quantitative estimate of drug-likeness (QED) is 0.690. The summed E-state index contributed by atoms with van der Waals surface area (Å²) in [4.78, 5) is 12.5. The van der Waals surface area contributed by atoms with E-state index in [2.05, 4.69) is 5.10 Å². The third kappa shape index (κ3) is 4.66. The van der Waals surface area contributed by atoms with Crippen LogP contribution in [0.2, 0.25) is 0 Å². The van der Waals surface area contributed by atoms with Crippen LogP contribution in [0, 0.1) is 20.8 Å². The van der Waals surface area contributed by atoms with Crippen LogP contribution in [0.1, 0.15) is 55.7 Å². The van der Waals surface area contributed by atoms with Crippen LogP contribution in [0.15, 0.2) is 17.2 Å². The number of rotatable bonds is 7. The van der Waals surface area contributed by atoms with E-state index in [9.17, 15) is 23.1 Å². The number of halogens is 3. The van der Waals surface area contributed by atoms with E-state index in [-0.39, 0.29) is 10.7 Å². The number of hydrogen-bond acceptors (Lipinski definition) is 4. The van der Waals surface area contributed by atoms with Gasteiger partial charge in [-0.3, -0.25) is 4.79 Å². The molecular formula is C20H27F3N2O3. The van der Waals surface area contributed by atoms with Crippen LogP contribution in [0.4, 0.5) is 13.2 Å². The molecule has 0 aromatic heterocycles. The second kappa shape index (κ2) is 8.51. The van der Waals surface area contributed by atoms with Crippen LogP contribution in [0.25, 0.3) is 0 Å². The Morgan fingerprint density at radius 2 is 1.86 bits per heavy atom. The lowest BCUT2D eigenvalue weighted by Crippen LogP contribution is -2.57. The Hall–Kier alpha value is -2.09. The number of ether oxygens (including phenoxy) is 1. The number of hydrazone groups is 1. The molecule has 156 valence electrons. The van der Waals surface area contributed by atoms with E-state index in [0.29, 0.717) is 18.6 Å². The van der Waals surface area contributed by atoms with Crippen LogP contribution in [-0.2, 0) is 4.79 Å². The molecule has 1 N–H and O–H groups in total. The molecule has 1 atom stereocenters. The summed E-state index contributed by atoms with van der Waals surface area (Å²) in [6, 6.07) is 3.72. The number of nitrogens with zero attached hydrogens (tertiary/aromatic N) is 2. The fourth-order valence-electron chi connectivity index (χ4n) is 3.41. The van der Waals surface area contributed by atoms with Gasteiger partial charge < -0.3 is 9.84 Å². The number of alkyl halides is 3. The lowest BCUT2D eigenvalue weighted by Gasteiger charge is -2.32. The van der Waals surface area contributed by atoms with Crippen molar-refractivity contribution >= 4 is 11.6 Å². The summed E-state index contributed by atoms with van der Waals surface area (Å²) < 4.78 is 46.0. The minimum absolute atomic E-state index is 0.146. The van der Waals surface area contributed by atoms with Crippen molar-refractivity contribution in [3.63, 3.8) is 0 Å². The normalized spacial score (nSPS) is 19.7. The number of unbranched alkanes of at least 4 members (excludes halogenated alkanes) is 2. The lowest BCUT2D eigenvalue weighted by molar-refractivity contribution is -0.302. The van der Waals surface area contributed by atoms with Crippen LogP contribution in [0.5, 0.6) is 5.75 Å². The fourth-order valence-corrected chi connectivity index (χ4v) is 3.41. The van der Waals surface area contributed by atoms with Gasteiger partial charge in [0.2, 0.25) is 0 Å². The number of aryl methyl sites for hydroxylation is 3. The zero-order valence-electron chi connectivity index (χ0n) is 16.7. The lowest BCUT2D eigenvalue weighted by atomic mass is 10.0. The Balaban J connectivity index is 2.17. The number of aliphatic hydroxyl groups is 1. The largest absolute Gasteiger partial charge is 0.483 e. The van der Waals surface area contributed by atoms with Gasteiger partial charge in [-0.05, 0) is 44.7 Å². The molecule has 1 aliphatic rings. The first kappa shape index (κ1) is 22.2. The molecule has 0 aliphatic carbocycles. The highest BCUT2D eigenvalue weighted by molar-refractivity contribution is 5.91. The van der Waals surface area contributed by atoms with E-state index in [1.165, 1.54) is 0 Å². The van der Waals surface area contributed by atoms with Crippen molar-refractivity contribution in [3.8, 4) is 5.75 Å². The van der Waals surface area contributed by atoms with Gasteiger partial charge in [0, 0.05) is 12.1 Å². The number of hydrogen-bond donors (Lipinski definition) is 1. The molecular weight excluding hydrogens is 373 g/mol. The maximum atomic E-state index is 13.5. The predicted molar refractivity (Wildman–Crippen MR) is 100 cm³/mol. The van der Waals surface area contributed by atoms with E-state index in [1.807, 2.05) is 26.0 Å². The molecule has 0 unspecified atom stereocenters. The van der Waals surface area contributed by atoms with Gasteiger partial charge in [-0.25, -0.2) is 0 Å². The van der Waals surface area contributed by atoms with E-state index in [4.69, 9.17) is 4.74 Å². The van der Waals surface area contributed by atoms with E-state index in [0.717, 1.165) is 29.5 Å². The highest BCUT2D eigenvalue weighted by atomic mass is 19.4. The molecule has 1 aromatic carbocycles. The summed E-state index contributed by atoms with van der Waals surface area (Å²) in [5.74, 6) is -0.592. The Bertz CT molecular complexity index is 739. The van der Waals surface area contributed by atoms with Crippen molar-refractivity contribution in [2.75, 3.05) is 6.61 Å². The Kier molecular flexibility index (Phi) is 6.75. The SMILES string of the molecule is CCCCCC1=NN(C(=O)COc2c(C)cc(C)cc2C)[C@@](O)(C(F)(F)F)C1. The highest BCUT2D eigenvalue weighted by Gasteiger charge is 2.63. The molecule has 0 saturated carbocycles. The summed E-state index contributed by atoms with van der Waals surface area (Å²) in [7, 11) is 0. The Labute approximate surface area is 163 Å². The molecule has 1 heterocycles. The van der Waals surface area contributed by atoms with Crippen molar-refractivity contribution < 1.29 is 27.8 Å². The fraction of sp³-hybridized carbons (Fsp3) is 0.600. The van der Waals surface area contributed by atoms with Gasteiger partial charge in [-0.15, -0.1) is 0 Å². The molecule has 2 rings (SSSR count). The van der Waals surface area contributed by atoms with Crippen LogP contribution < -0.4 is 4.74 Å². The van der Waals surface area contributed by atoms with Crippen molar-refractivity contribution in [1.29, 1.82) is 0 Å². The Morgan fingerprint density at radius 1 is 1.25 bits per heavy atom. The molecule has 1 aliphatic heterocycles. The van der Waals surface area contributed by atoms with Crippen LogP contribution in [0.3, 0.4) is 0 Å². The first-order chi connectivity index (χ1) is 13.0. The minimum atomic E-state index is -5.02. The molecule has 0 spiro atoms. The topological polar surface area (TPSA) is 62.1 Å². The third-order valence-electron chi connectivity index (χ3n) is 4.75. The second-order valence-electron chi connectivity index (χ2n) is 7.34. The molecule has 0 radical (unpaired) electrons. The molecule has 1 amide bonds. The average Bonchev–Trinajstić information content (AvgIpc) is 2.92. The van der Waals surface area contributed by atoms with E-state index in [1.54, 1.807) is 13.8 Å². The van der Waals surface area contributed by atoms with Gasteiger partial charge in [0.15, 0.2) is 6.61 Å². The predicted octanol–water partition coefficient (Wildman–Crippen LogP) is 4.41. The second-order valence-corrected chi connectivity index (χ2v) is 7.34. The van der Waals surface area contributed by atoms with Crippen LogP contribution in [-0.4, -0.2) is 40.2 Å². The number of carbonyl (C=O) groups is 1. The number of benzene rings is 1. The maximum Gasteiger partial charge on any atom is 0.438 e. The summed E-state index contributed by atoms with van der Waals surface area (Å²) in [6.07, 6.45) is -3.03. The summed E-state index contributed by atoms with van der Waals surface area (Å²) in [5.41, 5.74) is -0.583. The smallest absolute Gasteiger partial charge is 0.438 e. The molecule has 0 saturated heterocycles. The molecule has 1 aromatic rings. The third-order valence-corrected chi connectivity index (χ3v) is 4.75.